The zero-order valence-electron chi connectivity index (χ0n) is 12.0. The van der Waals surface area contributed by atoms with Gasteiger partial charge < -0.3 is 18.9 Å². The molecule has 0 radical (unpaired) electrons. The maximum Gasteiger partial charge on any atom is 0.386 e. The quantitative estimate of drug-likeness (QED) is 0.317. The third-order valence-electron chi connectivity index (χ3n) is 2.16. The summed E-state index contributed by atoms with van der Waals surface area (Å²) in [7, 11) is 0. The smallest absolute Gasteiger partial charge is 0.386 e. The van der Waals surface area contributed by atoms with Crippen LogP contribution in [0.1, 0.15) is 20.8 Å². The molecule has 0 fully saturated rings. The Bertz CT molecular complexity index is 431. The molecule has 20 heavy (non-hydrogen) atoms. The van der Waals surface area contributed by atoms with Gasteiger partial charge in [0.05, 0.1) is 19.8 Å². The van der Waals surface area contributed by atoms with Crippen molar-refractivity contribution >= 4 is 5.97 Å². The predicted octanol–water partition coefficient (Wildman–Crippen LogP) is 2.87. The van der Waals surface area contributed by atoms with Gasteiger partial charge in [0.25, 0.3) is 5.76 Å². The monoisotopic (exact) mass is 280 g/mol. The number of esters is 1. The topological polar surface area (TPSA) is 54.0 Å². The van der Waals surface area contributed by atoms with Crippen LogP contribution in [-0.2, 0) is 19.0 Å². The molecule has 1 aromatic rings. The molecule has 0 aromatic heterocycles. The highest BCUT2D eigenvalue weighted by molar-refractivity contribution is 5.88. The Labute approximate surface area is 119 Å². The number of para-hydroxylation sites is 1. The summed E-state index contributed by atoms with van der Waals surface area (Å²) < 4.78 is 21.1. The fraction of sp³-hybridized carbons (Fsp3) is 0.400. The number of carbonyl (C=O) groups excluding carboxylic acids is 1. The number of ether oxygens (including phenoxy) is 4. The molecular weight excluding hydrogens is 260 g/mol. The first-order valence-electron chi connectivity index (χ1n) is 6.62. The second-order valence-electron chi connectivity index (χ2n) is 3.62. The molecule has 0 bridgehead atoms. The van der Waals surface area contributed by atoms with Gasteiger partial charge in [-0.05, 0) is 32.9 Å². The van der Waals surface area contributed by atoms with Gasteiger partial charge in [-0.25, -0.2) is 4.79 Å². The minimum absolute atomic E-state index is 0.0535. The van der Waals surface area contributed by atoms with Crippen LogP contribution in [0.2, 0.25) is 0 Å². The number of hydrogen-bond donors (Lipinski definition) is 0. The molecule has 1 aromatic carbocycles. The fourth-order valence-electron chi connectivity index (χ4n) is 1.42. The van der Waals surface area contributed by atoms with Crippen LogP contribution in [0.4, 0.5) is 0 Å². The highest BCUT2D eigenvalue weighted by atomic mass is 16.7. The molecule has 110 valence electrons. The Morgan fingerprint density at radius 1 is 0.900 bits per heavy atom. The van der Waals surface area contributed by atoms with E-state index in [2.05, 4.69) is 0 Å². The number of rotatable bonds is 8. The first-order valence-corrected chi connectivity index (χ1v) is 6.62. The highest BCUT2D eigenvalue weighted by Crippen LogP contribution is 2.16. The average Bonchev–Trinajstić information content (AvgIpc) is 2.45. The molecule has 0 unspecified atom stereocenters. The lowest BCUT2D eigenvalue weighted by atomic mass is 10.3. The molecule has 0 aliphatic rings. The Morgan fingerprint density at radius 2 is 1.45 bits per heavy atom. The molecule has 0 aliphatic carbocycles. The van der Waals surface area contributed by atoms with Crippen molar-refractivity contribution in [2.75, 3.05) is 19.8 Å². The zero-order chi connectivity index (χ0) is 14.8. The zero-order valence-corrected chi connectivity index (χ0v) is 12.0. The van der Waals surface area contributed by atoms with Crippen molar-refractivity contribution in [2.45, 2.75) is 20.8 Å². The summed E-state index contributed by atoms with van der Waals surface area (Å²) in [5.41, 5.74) is 0. The van der Waals surface area contributed by atoms with Crippen molar-refractivity contribution in [2.24, 2.45) is 0 Å². The van der Waals surface area contributed by atoms with Crippen molar-refractivity contribution in [3.05, 3.63) is 42.0 Å². The van der Waals surface area contributed by atoms with E-state index in [0.717, 1.165) is 0 Å². The van der Waals surface area contributed by atoms with Crippen LogP contribution < -0.4 is 4.74 Å². The van der Waals surface area contributed by atoms with E-state index in [1.807, 2.05) is 6.07 Å². The third kappa shape index (κ3) is 4.84. The van der Waals surface area contributed by atoms with Gasteiger partial charge in [-0.1, -0.05) is 18.2 Å². The van der Waals surface area contributed by atoms with Crippen LogP contribution in [-0.4, -0.2) is 25.8 Å². The van der Waals surface area contributed by atoms with Crippen molar-refractivity contribution in [1.82, 2.24) is 0 Å². The van der Waals surface area contributed by atoms with E-state index in [9.17, 15) is 4.79 Å². The van der Waals surface area contributed by atoms with Crippen LogP contribution in [0.15, 0.2) is 42.0 Å². The van der Waals surface area contributed by atoms with Gasteiger partial charge in [0.15, 0.2) is 0 Å². The van der Waals surface area contributed by atoms with Gasteiger partial charge in [0.2, 0.25) is 0 Å². The first kappa shape index (κ1) is 15.9. The van der Waals surface area contributed by atoms with E-state index >= 15 is 0 Å². The Kier molecular flexibility index (Phi) is 7.03. The summed E-state index contributed by atoms with van der Waals surface area (Å²) in [6, 6.07) is 8.75. The van der Waals surface area contributed by atoms with E-state index in [1.54, 1.807) is 45.0 Å². The summed E-state index contributed by atoms with van der Waals surface area (Å²) >= 11 is 0. The fourth-order valence-corrected chi connectivity index (χ4v) is 1.42. The lowest BCUT2D eigenvalue weighted by Gasteiger charge is -2.14. The minimum atomic E-state index is -0.644. The molecule has 5 nitrogen and oxygen atoms in total. The van der Waals surface area contributed by atoms with Gasteiger partial charge in [-0.2, -0.15) is 0 Å². The van der Waals surface area contributed by atoms with Gasteiger partial charge in [-0.3, -0.25) is 0 Å². The Morgan fingerprint density at radius 3 is 1.95 bits per heavy atom. The van der Waals surface area contributed by atoms with E-state index in [-0.39, 0.29) is 11.7 Å². The minimum Gasteiger partial charge on any atom is -0.482 e. The molecule has 0 N–H and O–H groups in total. The van der Waals surface area contributed by atoms with Crippen LogP contribution in [0, 0.1) is 0 Å². The van der Waals surface area contributed by atoms with Crippen LogP contribution in [0.25, 0.3) is 0 Å². The first-order chi connectivity index (χ1) is 9.72. The second-order valence-corrected chi connectivity index (χ2v) is 3.62. The van der Waals surface area contributed by atoms with Crippen LogP contribution in [0.3, 0.4) is 0 Å². The SMILES string of the molecule is CCOC(OCC)=C(OCC)C(=O)Oc1ccccc1. The second kappa shape index (κ2) is 8.85. The summed E-state index contributed by atoms with van der Waals surface area (Å²) in [6.07, 6.45) is 0. The van der Waals surface area contributed by atoms with E-state index < -0.39 is 5.97 Å². The van der Waals surface area contributed by atoms with Crippen LogP contribution >= 0.6 is 0 Å². The normalized spacial score (nSPS) is 9.55. The van der Waals surface area contributed by atoms with Crippen molar-refractivity contribution in [3.8, 4) is 5.75 Å². The Hall–Kier alpha value is -2.17. The molecule has 0 atom stereocenters. The van der Waals surface area contributed by atoms with E-state index in [0.29, 0.717) is 25.6 Å². The molecule has 0 saturated heterocycles. The average molecular weight is 280 g/mol. The molecular formula is C15H20O5. The summed E-state index contributed by atoms with van der Waals surface area (Å²) in [5.74, 6) is -0.213. The largest absolute Gasteiger partial charge is 0.482 e. The standard InChI is InChI=1S/C15H20O5/c1-4-17-13(15(18-5-2)19-6-3)14(16)20-12-10-8-7-9-11-12/h7-11H,4-6H2,1-3H3. The molecule has 0 saturated carbocycles. The molecule has 5 heteroatoms. The van der Waals surface area contributed by atoms with Crippen molar-refractivity contribution < 1.29 is 23.7 Å². The number of benzene rings is 1. The van der Waals surface area contributed by atoms with Gasteiger partial charge in [-0.15, -0.1) is 0 Å². The highest BCUT2D eigenvalue weighted by Gasteiger charge is 2.22. The van der Waals surface area contributed by atoms with Crippen LogP contribution in [0.5, 0.6) is 5.75 Å². The lowest BCUT2D eigenvalue weighted by Crippen LogP contribution is -2.18. The van der Waals surface area contributed by atoms with Gasteiger partial charge in [0.1, 0.15) is 5.75 Å². The van der Waals surface area contributed by atoms with Gasteiger partial charge >= 0.3 is 11.9 Å². The van der Waals surface area contributed by atoms with Gasteiger partial charge in [0, 0.05) is 0 Å². The number of hydrogen-bond acceptors (Lipinski definition) is 5. The lowest BCUT2D eigenvalue weighted by molar-refractivity contribution is -0.135. The maximum absolute atomic E-state index is 12.1. The van der Waals surface area contributed by atoms with E-state index in [4.69, 9.17) is 18.9 Å². The summed E-state index contributed by atoms with van der Waals surface area (Å²) in [4.78, 5) is 12.1. The maximum atomic E-state index is 12.1. The molecule has 0 heterocycles. The summed E-state index contributed by atoms with van der Waals surface area (Å²) in [6.45, 7) is 6.40. The number of carbonyl (C=O) groups is 1. The molecule has 0 amide bonds. The predicted molar refractivity (Wildman–Crippen MR) is 74.0 cm³/mol. The van der Waals surface area contributed by atoms with E-state index in [1.165, 1.54) is 0 Å². The molecule has 0 aliphatic heterocycles. The molecule has 1 rings (SSSR count). The summed E-state index contributed by atoms with van der Waals surface area (Å²) in [5, 5.41) is 0. The van der Waals surface area contributed by atoms with Crippen molar-refractivity contribution in [3.63, 3.8) is 0 Å². The van der Waals surface area contributed by atoms with Crippen molar-refractivity contribution in [1.29, 1.82) is 0 Å². The third-order valence-corrected chi connectivity index (χ3v) is 2.16. The molecule has 0 spiro atoms. The Balaban J connectivity index is 2.92.